The maximum Gasteiger partial charge on any atom is 0.154 e. The Kier molecular flexibility index (Phi) is 2.63. The lowest BCUT2D eigenvalue weighted by molar-refractivity contribution is 0.586. The monoisotopic (exact) mass is 238 g/mol. The first-order chi connectivity index (χ1) is 7.63. The minimum atomic E-state index is -0.840. The van der Waals surface area contributed by atoms with Crippen LogP contribution in [0.2, 0.25) is 5.02 Å². The highest BCUT2D eigenvalue weighted by molar-refractivity contribution is 6.31. The number of aromatic nitrogens is 1. The average Bonchev–Trinajstić information content (AvgIpc) is 2.74. The van der Waals surface area contributed by atoms with E-state index < -0.39 is 16.7 Å². The van der Waals surface area contributed by atoms with E-state index in [9.17, 15) is 8.78 Å². The van der Waals surface area contributed by atoms with Gasteiger partial charge in [-0.2, -0.15) is 5.26 Å². The summed E-state index contributed by atoms with van der Waals surface area (Å²) in [5.74, 6) is -1.65. The number of nitriles is 1. The largest absolute Gasteiger partial charge is 0.360 e. The maximum absolute atomic E-state index is 13.6. The van der Waals surface area contributed by atoms with Gasteiger partial charge in [-0.3, -0.25) is 0 Å². The summed E-state index contributed by atoms with van der Waals surface area (Å²) < 4.78 is 26.5. The van der Waals surface area contributed by atoms with Gasteiger partial charge in [0.15, 0.2) is 5.82 Å². The van der Waals surface area contributed by atoms with Gasteiger partial charge in [-0.25, -0.2) is 8.78 Å². The van der Waals surface area contributed by atoms with Gasteiger partial charge in [0.2, 0.25) is 0 Å². The van der Waals surface area contributed by atoms with Crippen molar-refractivity contribution in [1.82, 2.24) is 4.98 Å². The third kappa shape index (κ3) is 1.66. The lowest BCUT2D eigenvalue weighted by Gasteiger charge is -2.02. The van der Waals surface area contributed by atoms with E-state index in [1.807, 2.05) is 6.07 Å². The molecule has 0 saturated carbocycles. The molecule has 1 N–H and O–H groups in total. The van der Waals surface area contributed by atoms with Crippen LogP contribution < -0.4 is 0 Å². The van der Waals surface area contributed by atoms with Crippen molar-refractivity contribution in [3.8, 4) is 17.3 Å². The molecule has 0 aliphatic heterocycles. The van der Waals surface area contributed by atoms with Gasteiger partial charge in [0.05, 0.1) is 5.56 Å². The van der Waals surface area contributed by atoms with Crippen LogP contribution in [0, 0.1) is 23.0 Å². The molecule has 0 spiro atoms. The van der Waals surface area contributed by atoms with Crippen LogP contribution in [-0.4, -0.2) is 4.98 Å². The topological polar surface area (TPSA) is 39.6 Å². The van der Waals surface area contributed by atoms with Gasteiger partial charge in [-0.05, 0) is 18.2 Å². The number of H-pyrrole nitrogens is 1. The van der Waals surface area contributed by atoms with Gasteiger partial charge in [0.1, 0.15) is 16.9 Å². The van der Waals surface area contributed by atoms with Crippen molar-refractivity contribution >= 4 is 11.6 Å². The minimum absolute atomic E-state index is 0.132. The van der Waals surface area contributed by atoms with E-state index in [4.69, 9.17) is 16.9 Å². The van der Waals surface area contributed by atoms with E-state index in [1.165, 1.54) is 18.3 Å². The van der Waals surface area contributed by atoms with Crippen molar-refractivity contribution in [2.45, 2.75) is 0 Å². The summed E-state index contributed by atoms with van der Waals surface area (Å²) in [6, 6.07) is 5.71. The van der Waals surface area contributed by atoms with E-state index in [2.05, 4.69) is 4.98 Å². The van der Waals surface area contributed by atoms with Crippen molar-refractivity contribution < 1.29 is 8.78 Å². The van der Waals surface area contributed by atoms with Crippen LogP contribution in [0.25, 0.3) is 11.3 Å². The highest BCUT2D eigenvalue weighted by atomic mass is 35.5. The first-order valence-corrected chi connectivity index (χ1v) is 4.73. The predicted octanol–water partition coefficient (Wildman–Crippen LogP) is 3.48. The van der Waals surface area contributed by atoms with Crippen LogP contribution in [-0.2, 0) is 0 Å². The number of aromatic amines is 1. The van der Waals surface area contributed by atoms with E-state index >= 15 is 0 Å². The molecule has 16 heavy (non-hydrogen) atoms. The molecule has 5 heteroatoms. The summed E-state index contributed by atoms with van der Waals surface area (Å²) in [7, 11) is 0. The Labute approximate surface area is 95.1 Å². The molecular formula is C11H5ClF2N2. The number of nitrogens with one attached hydrogen (secondary N) is 1. The van der Waals surface area contributed by atoms with Crippen molar-refractivity contribution in [3.63, 3.8) is 0 Å². The fourth-order valence-corrected chi connectivity index (χ4v) is 1.51. The van der Waals surface area contributed by atoms with Crippen LogP contribution >= 0.6 is 11.6 Å². The summed E-state index contributed by atoms with van der Waals surface area (Å²) in [5.41, 5.74) is 0.888. The van der Waals surface area contributed by atoms with Gasteiger partial charge in [0.25, 0.3) is 0 Å². The number of nitrogens with zero attached hydrogens (tertiary/aromatic N) is 1. The zero-order valence-corrected chi connectivity index (χ0v) is 8.65. The predicted molar refractivity (Wildman–Crippen MR) is 55.9 cm³/mol. The van der Waals surface area contributed by atoms with Gasteiger partial charge in [0, 0.05) is 17.5 Å². The highest BCUT2D eigenvalue weighted by Gasteiger charge is 2.14. The lowest BCUT2D eigenvalue weighted by atomic mass is 10.1. The quantitative estimate of drug-likeness (QED) is 0.759. The average molecular weight is 239 g/mol. The lowest BCUT2D eigenvalue weighted by Crippen LogP contribution is -1.89. The minimum Gasteiger partial charge on any atom is -0.360 e. The second kappa shape index (κ2) is 3.95. The van der Waals surface area contributed by atoms with E-state index in [-0.39, 0.29) is 5.56 Å². The molecule has 0 saturated heterocycles. The summed E-state index contributed by atoms with van der Waals surface area (Å²) in [6.07, 6.45) is 1.44. The molecule has 1 aromatic heterocycles. The SMILES string of the molecule is N#Cc1c[nH]c(-c2ccc(F)c(Cl)c2F)c1. The molecule has 1 aromatic carbocycles. The number of hydrogen-bond acceptors (Lipinski definition) is 1. The summed E-state index contributed by atoms with van der Waals surface area (Å²) >= 11 is 5.44. The van der Waals surface area contributed by atoms with Crippen molar-refractivity contribution in [3.05, 3.63) is 46.6 Å². The standard InChI is InChI=1S/C11H5ClF2N2/c12-10-8(13)2-1-7(11(10)14)9-3-6(4-15)5-16-9/h1-3,5,16H. The molecule has 80 valence electrons. The van der Waals surface area contributed by atoms with Gasteiger partial charge < -0.3 is 4.98 Å². The molecule has 2 rings (SSSR count). The van der Waals surface area contributed by atoms with Crippen molar-refractivity contribution in [2.24, 2.45) is 0 Å². The van der Waals surface area contributed by atoms with Crippen LogP contribution in [0.15, 0.2) is 24.4 Å². The van der Waals surface area contributed by atoms with Crippen LogP contribution in [0.5, 0.6) is 0 Å². The normalized spacial score (nSPS) is 10.1. The van der Waals surface area contributed by atoms with Crippen LogP contribution in [0.1, 0.15) is 5.56 Å². The number of hydrogen-bond donors (Lipinski definition) is 1. The Morgan fingerprint density at radius 1 is 1.31 bits per heavy atom. The Hall–Kier alpha value is -1.86. The molecular weight excluding hydrogens is 234 g/mol. The smallest absolute Gasteiger partial charge is 0.154 e. The first-order valence-electron chi connectivity index (χ1n) is 4.36. The third-order valence-electron chi connectivity index (χ3n) is 2.14. The van der Waals surface area contributed by atoms with E-state index in [1.54, 1.807) is 0 Å². The number of rotatable bonds is 1. The van der Waals surface area contributed by atoms with Crippen LogP contribution in [0.3, 0.4) is 0 Å². The molecule has 0 unspecified atom stereocenters. The Morgan fingerprint density at radius 2 is 2.06 bits per heavy atom. The molecule has 0 aliphatic rings. The molecule has 2 nitrogen and oxygen atoms in total. The summed E-state index contributed by atoms with van der Waals surface area (Å²) in [4.78, 5) is 2.72. The Morgan fingerprint density at radius 3 is 2.69 bits per heavy atom. The molecule has 0 radical (unpaired) electrons. The van der Waals surface area contributed by atoms with E-state index in [0.29, 0.717) is 11.3 Å². The molecule has 0 bridgehead atoms. The first kappa shape index (κ1) is 10.7. The van der Waals surface area contributed by atoms with Gasteiger partial charge in [-0.15, -0.1) is 0 Å². The van der Waals surface area contributed by atoms with Crippen LogP contribution in [0.4, 0.5) is 8.78 Å². The Bertz CT molecular complexity index is 584. The fraction of sp³-hybridized carbons (Fsp3) is 0. The Balaban J connectivity index is 2.57. The number of halogens is 3. The molecule has 0 fully saturated rings. The highest BCUT2D eigenvalue weighted by Crippen LogP contribution is 2.29. The summed E-state index contributed by atoms with van der Waals surface area (Å²) in [5, 5.41) is 8.07. The van der Waals surface area contributed by atoms with Crippen molar-refractivity contribution in [1.29, 1.82) is 5.26 Å². The fourth-order valence-electron chi connectivity index (χ4n) is 1.35. The summed E-state index contributed by atoms with van der Waals surface area (Å²) in [6.45, 7) is 0. The second-order valence-corrected chi connectivity index (χ2v) is 3.51. The molecule has 0 amide bonds. The zero-order chi connectivity index (χ0) is 11.7. The zero-order valence-electron chi connectivity index (χ0n) is 7.89. The maximum atomic E-state index is 13.6. The second-order valence-electron chi connectivity index (χ2n) is 3.14. The third-order valence-corrected chi connectivity index (χ3v) is 2.48. The van der Waals surface area contributed by atoms with Gasteiger partial charge >= 0.3 is 0 Å². The van der Waals surface area contributed by atoms with E-state index in [0.717, 1.165) is 6.07 Å². The molecule has 0 atom stereocenters. The number of benzene rings is 1. The molecule has 0 aliphatic carbocycles. The van der Waals surface area contributed by atoms with Gasteiger partial charge in [-0.1, -0.05) is 11.6 Å². The van der Waals surface area contributed by atoms with Crippen molar-refractivity contribution in [2.75, 3.05) is 0 Å². The molecule has 2 aromatic rings. The molecule has 1 heterocycles.